The minimum absolute atomic E-state index is 1.21. The number of hydrogen-bond acceptors (Lipinski definition) is 0. The minimum Gasteiger partial charge on any atom is -0.0683 e. The lowest BCUT2D eigenvalue weighted by Gasteiger charge is -2.20. The average Bonchev–Trinajstić information content (AvgIpc) is 3.40. The maximum atomic E-state index is 2.37. The summed E-state index contributed by atoms with van der Waals surface area (Å²) in [6.07, 6.45) is 0. The van der Waals surface area contributed by atoms with Gasteiger partial charge in [-0.25, -0.2) is 0 Å². The summed E-state index contributed by atoms with van der Waals surface area (Å²) < 4.78 is 0. The van der Waals surface area contributed by atoms with E-state index in [0.717, 1.165) is 0 Å². The normalized spacial score (nSPS) is 9.61. The summed E-state index contributed by atoms with van der Waals surface area (Å²) in [6, 6.07) is 75.0. The number of rotatable bonds is 6. The molecule has 62 heavy (non-hydrogen) atoms. The zero-order valence-electron chi connectivity index (χ0n) is 39.6. The van der Waals surface area contributed by atoms with Gasteiger partial charge < -0.3 is 0 Å². The van der Waals surface area contributed by atoms with Gasteiger partial charge in [-0.1, -0.05) is 253 Å². The molecule has 9 aromatic carbocycles. The third-order valence-corrected chi connectivity index (χ3v) is 9.80. The molecule has 0 saturated carbocycles. The van der Waals surface area contributed by atoms with E-state index in [-0.39, 0.29) is 0 Å². The van der Waals surface area contributed by atoms with Crippen molar-refractivity contribution in [1.29, 1.82) is 0 Å². The third-order valence-electron chi connectivity index (χ3n) is 9.80. The van der Waals surface area contributed by atoms with E-state index in [9.17, 15) is 0 Å². The lowest BCUT2D eigenvalue weighted by molar-refractivity contribution is 1.50. The topological polar surface area (TPSA) is 0 Å². The van der Waals surface area contributed by atoms with Crippen LogP contribution in [0.1, 0.15) is 83.1 Å². The second-order valence-corrected chi connectivity index (χ2v) is 12.9. The van der Waals surface area contributed by atoms with Gasteiger partial charge in [-0.2, -0.15) is 0 Å². The van der Waals surface area contributed by atoms with E-state index >= 15 is 0 Å². The van der Waals surface area contributed by atoms with Gasteiger partial charge in [0.1, 0.15) is 0 Å². The molecule has 0 heteroatoms. The number of hydrogen-bond donors (Lipinski definition) is 0. The van der Waals surface area contributed by atoms with E-state index in [1.165, 1.54) is 88.3 Å². The lowest BCUT2D eigenvalue weighted by atomic mass is 9.83. The molecule has 0 N–H and O–H groups in total. The summed E-state index contributed by atoms with van der Waals surface area (Å²) in [6.45, 7) is 24.0. The van der Waals surface area contributed by atoms with Crippen LogP contribution in [0.2, 0.25) is 0 Å². The summed E-state index contributed by atoms with van der Waals surface area (Å²) in [5.41, 5.74) is 14.6. The summed E-state index contributed by atoms with van der Waals surface area (Å²) in [7, 11) is 0. The zero-order chi connectivity index (χ0) is 45.3. The molecule has 0 fully saturated rings. The SMILES string of the molecule is CC.CC.CC.CC.CC.CC.c1ccc(-c2cc(-c3ccccc3)cc(-c3c4ccccc4c(-c4cc(-c5ccccc5)cc(-c5ccccc5)c4)c4ccccc34)c2)cc1. The second-order valence-electron chi connectivity index (χ2n) is 12.9. The largest absolute Gasteiger partial charge is 0.0683 e. The Labute approximate surface area is 376 Å². The Balaban J connectivity index is 0.000000789. The van der Waals surface area contributed by atoms with Gasteiger partial charge in [0.2, 0.25) is 0 Å². The maximum absolute atomic E-state index is 2.37. The fourth-order valence-corrected chi connectivity index (χ4v) is 7.48. The molecule has 0 nitrogen and oxygen atoms in total. The van der Waals surface area contributed by atoms with Gasteiger partial charge >= 0.3 is 0 Å². The van der Waals surface area contributed by atoms with E-state index in [4.69, 9.17) is 0 Å². The smallest absolute Gasteiger partial charge is 0.00259 e. The molecule has 0 aliphatic rings. The van der Waals surface area contributed by atoms with Gasteiger partial charge in [0, 0.05) is 0 Å². The van der Waals surface area contributed by atoms with Crippen molar-refractivity contribution in [2.24, 2.45) is 0 Å². The van der Waals surface area contributed by atoms with Crippen LogP contribution in [0.4, 0.5) is 0 Å². The average molecular weight is 815 g/mol. The van der Waals surface area contributed by atoms with Crippen LogP contribution in [-0.4, -0.2) is 0 Å². The van der Waals surface area contributed by atoms with Crippen LogP contribution in [0.25, 0.3) is 88.3 Å². The number of benzene rings is 9. The molecule has 9 rings (SSSR count). The molecule has 9 aromatic rings. The van der Waals surface area contributed by atoms with E-state index in [2.05, 4.69) is 206 Å². The van der Waals surface area contributed by atoms with E-state index in [1.54, 1.807) is 0 Å². The van der Waals surface area contributed by atoms with Crippen LogP contribution in [0.5, 0.6) is 0 Å². The van der Waals surface area contributed by atoms with Gasteiger partial charge in [-0.05, 0) is 125 Å². The monoisotopic (exact) mass is 815 g/mol. The quantitative estimate of drug-likeness (QED) is 0.147. The van der Waals surface area contributed by atoms with Gasteiger partial charge in [0.15, 0.2) is 0 Å². The van der Waals surface area contributed by atoms with Crippen LogP contribution in [-0.2, 0) is 0 Å². The van der Waals surface area contributed by atoms with E-state index in [0.29, 0.717) is 0 Å². The molecule has 318 valence electrons. The Hall–Kier alpha value is -6.50. The molecular formula is C62H70. The van der Waals surface area contributed by atoms with Crippen molar-refractivity contribution >= 4 is 21.5 Å². The molecule has 0 aliphatic carbocycles. The predicted octanol–water partition coefficient (Wildman–Crippen LogP) is 20.2. The van der Waals surface area contributed by atoms with Gasteiger partial charge in [0.25, 0.3) is 0 Å². The standard InChI is InChI=1S/C50H34.6C2H6/c1-5-17-35(18-6-1)39-29-40(36-19-7-2-8-20-36)32-43(31-39)49-45-25-13-15-27-47(45)50(48-28-16-14-26-46(48)49)44-33-41(37-21-9-3-10-22-37)30-42(34-44)38-23-11-4-12-24-38;6*1-2/h1-34H;6*1-2H3. The molecule has 0 radical (unpaired) electrons. The summed E-state index contributed by atoms with van der Waals surface area (Å²) in [5.74, 6) is 0. The Morgan fingerprint density at radius 3 is 0.516 bits per heavy atom. The van der Waals surface area contributed by atoms with Crippen molar-refractivity contribution in [3.63, 3.8) is 0 Å². The lowest BCUT2D eigenvalue weighted by Crippen LogP contribution is -1.93. The van der Waals surface area contributed by atoms with Crippen LogP contribution in [0.15, 0.2) is 206 Å². The Bertz CT molecular complexity index is 2240. The molecule has 0 atom stereocenters. The highest BCUT2D eigenvalue weighted by Crippen LogP contribution is 2.46. The Kier molecular flexibility index (Phi) is 22.0. The van der Waals surface area contributed by atoms with Gasteiger partial charge in [0.05, 0.1) is 0 Å². The Morgan fingerprint density at radius 1 is 0.161 bits per heavy atom. The summed E-state index contributed by atoms with van der Waals surface area (Å²) in [4.78, 5) is 0. The fourth-order valence-electron chi connectivity index (χ4n) is 7.48. The van der Waals surface area contributed by atoms with Crippen LogP contribution in [0.3, 0.4) is 0 Å². The first-order chi connectivity index (χ1) is 30.8. The first-order valence-electron chi connectivity index (χ1n) is 23.3. The highest BCUT2D eigenvalue weighted by molar-refractivity contribution is 6.22. The Morgan fingerprint density at radius 2 is 0.323 bits per heavy atom. The third kappa shape index (κ3) is 11.9. The highest BCUT2D eigenvalue weighted by Gasteiger charge is 2.19. The fraction of sp³-hybridized carbons (Fsp3) is 0.194. The minimum atomic E-state index is 1.21. The first kappa shape index (κ1) is 49.9. The van der Waals surface area contributed by atoms with E-state index in [1.807, 2.05) is 83.1 Å². The van der Waals surface area contributed by atoms with Crippen LogP contribution >= 0.6 is 0 Å². The highest BCUT2D eigenvalue weighted by atomic mass is 14.2. The molecule has 0 heterocycles. The zero-order valence-corrected chi connectivity index (χ0v) is 39.6. The van der Waals surface area contributed by atoms with Crippen molar-refractivity contribution < 1.29 is 0 Å². The maximum Gasteiger partial charge on any atom is -0.00259 e. The van der Waals surface area contributed by atoms with Crippen LogP contribution < -0.4 is 0 Å². The van der Waals surface area contributed by atoms with Crippen LogP contribution in [0, 0.1) is 0 Å². The molecule has 0 amide bonds. The van der Waals surface area contributed by atoms with Gasteiger partial charge in [-0.15, -0.1) is 0 Å². The molecule has 0 saturated heterocycles. The molecular weight excluding hydrogens is 745 g/mol. The molecule has 0 bridgehead atoms. The predicted molar refractivity (Wildman–Crippen MR) is 282 cm³/mol. The van der Waals surface area contributed by atoms with Crippen molar-refractivity contribution in [3.05, 3.63) is 206 Å². The molecule has 0 unspecified atom stereocenters. The van der Waals surface area contributed by atoms with Gasteiger partial charge in [-0.3, -0.25) is 0 Å². The first-order valence-corrected chi connectivity index (χ1v) is 23.3. The van der Waals surface area contributed by atoms with E-state index < -0.39 is 0 Å². The van der Waals surface area contributed by atoms with Crippen molar-refractivity contribution in [1.82, 2.24) is 0 Å². The second kappa shape index (κ2) is 27.4. The van der Waals surface area contributed by atoms with Crippen molar-refractivity contribution in [2.75, 3.05) is 0 Å². The number of fused-ring (bicyclic) bond motifs is 2. The van der Waals surface area contributed by atoms with Crippen molar-refractivity contribution in [2.45, 2.75) is 83.1 Å². The molecule has 0 aromatic heterocycles. The molecule has 0 aliphatic heterocycles. The summed E-state index contributed by atoms with van der Waals surface area (Å²) >= 11 is 0. The molecule has 0 spiro atoms. The van der Waals surface area contributed by atoms with Crippen molar-refractivity contribution in [3.8, 4) is 66.8 Å². The summed E-state index contributed by atoms with van der Waals surface area (Å²) in [5, 5.41) is 4.99.